The van der Waals surface area contributed by atoms with E-state index < -0.39 is 5.97 Å². The first-order valence-corrected chi connectivity index (χ1v) is 9.08. The van der Waals surface area contributed by atoms with Gasteiger partial charge in [-0.05, 0) is 60.4 Å². The summed E-state index contributed by atoms with van der Waals surface area (Å²) in [6.45, 7) is 4.35. The van der Waals surface area contributed by atoms with Crippen LogP contribution in [0.2, 0.25) is 0 Å². The first kappa shape index (κ1) is 18.3. The van der Waals surface area contributed by atoms with E-state index in [0.717, 1.165) is 50.5 Å². The smallest absolute Gasteiger partial charge is 0.335 e. The minimum absolute atomic E-state index is 0.475. The zero-order valence-corrected chi connectivity index (χ0v) is 14.8. The van der Waals surface area contributed by atoms with E-state index in [1.165, 1.54) is 16.7 Å². The van der Waals surface area contributed by atoms with Crippen LogP contribution in [-0.2, 0) is 25.7 Å². The molecule has 0 aliphatic heterocycles. The first-order valence-electron chi connectivity index (χ1n) is 9.08. The van der Waals surface area contributed by atoms with Crippen LogP contribution < -0.4 is 0 Å². The third-order valence-corrected chi connectivity index (χ3v) is 4.59. The van der Waals surface area contributed by atoms with Gasteiger partial charge in [0.25, 0.3) is 0 Å². The fourth-order valence-electron chi connectivity index (χ4n) is 3.30. The van der Waals surface area contributed by atoms with Crippen LogP contribution in [-0.4, -0.2) is 11.1 Å². The quantitative estimate of drug-likeness (QED) is 0.664. The van der Waals surface area contributed by atoms with Crippen molar-refractivity contribution < 1.29 is 9.90 Å². The van der Waals surface area contributed by atoms with E-state index in [9.17, 15) is 9.90 Å². The molecule has 0 saturated heterocycles. The van der Waals surface area contributed by atoms with Gasteiger partial charge in [0, 0.05) is 0 Å². The summed E-state index contributed by atoms with van der Waals surface area (Å²) in [7, 11) is 0. The molecule has 0 atom stereocenters. The summed E-state index contributed by atoms with van der Waals surface area (Å²) in [6, 6.07) is 14.3. The van der Waals surface area contributed by atoms with Crippen molar-refractivity contribution in [1.82, 2.24) is 0 Å². The van der Waals surface area contributed by atoms with Crippen LogP contribution in [0.4, 0.5) is 0 Å². The molecular formula is C22H28O2. The Morgan fingerprint density at radius 1 is 0.792 bits per heavy atom. The van der Waals surface area contributed by atoms with Gasteiger partial charge in [0.05, 0.1) is 5.56 Å². The van der Waals surface area contributed by atoms with Crippen LogP contribution in [0.15, 0.2) is 42.5 Å². The lowest BCUT2D eigenvalue weighted by molar-refractivity contribution is 0.0695. The molecule has 0 saturated carbocycles. The number of aromatic carboxylic acids is 1. The molecule has 2 aromatic rings. The summed E-state index contributed by atoms with van der Waals surface area (Å²) in [5, 5.41) is 9.49. The van der Waals surface area contributed by atoms with E-state index in [2.05, 4.69) is 44.2 Å². The van der Waals surface area contributed by atoms with Crippen LogP contribution in [0.5, 0.6) is 0 Å². The van der Waals surface area contributed by atoms with Crippen molar-refractivity contribution in [3.05, 3.63) is 70.3 Å². The topological polar surface area (TPSA) is 37.3 Å². The van der Waals surface area contributed by atoms with Crippen molar-refractivity contribution >= 4 is 5.97 Å². The third-order valence-electron chi connectivity index (χ3n) is 4.59. The molecule has 1 N–H and O–H groups in total. The van der Waals surface area contributed by atoms with E-state index in [4.69, 9.17) is 0 Å². The van der Waals surface area contributed by atoms with E-state index in [-0.39, 0.29) is 0 Å². The minimum Gasteiger partial charge on any atom is -0.478 e. The van der Waals surface area contributed by atoms with Gasteiger partial charge in [-0.25, -0.2) is 4.79 Å². The van der Waals surface area contributed by atoms with E-state index in [1.54, 1.807) is 6.07 Å². The Hall–Kier alpha value is -2.09. The van der Waals surface area contributed by atoms with Crippen LogP contribution in [0.1, 0.15) is 65.7 Å². The second-order valence-corrected chi connectivity index (χ2v) is 6.37. The molecule has 2 rings (SSSR count). The highest BCUT2D eigenvalue weighted by Crippen LogP contribution is 2.21. The number of carbonyl (C=O) groups is 1. The number of carboxylic acids is 1. The second-order valence-electron chi connectivity index (χ2n) is 6.37. The van der Waals surface area contributed by atoms with E-state index >= 15 is 0 Å². The Balaban J connectivity index is 2.23. The monoisotopic (exact) mass is 324 g/mol. The summed E-state index contributed by atoms with van der Waals surface area (Å²) in [4.78, 5) is 11.6. The van der Waals surface area contributed by atoms with Crippen molar-refractivity contribution in [2.45, 2.75) is 58.8 Å². The average Bonchev–Trinajstić information content (AvgIpc) is 2.59. The summed E-state index contributed by atoms with van der Waals surface area (Å²) >= 11 is 0. The van der Waals surface area contributed by atoms with Crippen molar-refractivity contribution in [2.75, 3.05) is 0 Å². The van der Waals surface area contributed by atoms with Gasteiger partial charge < -0.3 is 5.11 Å². The molecule has 0 bridgehead atoms. The van der Waals surface area contributed by atoms with Crippen molar-refractivity contribution in [3.63, 3.8) is 0 Å². The van der Waals surface area contributed by atoms with E-state index in [0.29, 0.717) is 5.56 Å². The van der Waals surface area contributed by atoms with Gasteiger partial charge in [0.15, 0.2) is 0 Å². The Labute approximate surface area is 145 Å². The van der Waals surface area contributed by atoms with Gasteiger partial charge >= 0.3 is 5.97 Å². The fraction of sp³-hybridized carbons (Fsp3) is 0.409. The predicted octanol–water partition coefficient (Wildman–Crippen LogP) is 5.47. The van der Waals surface area contributed by atoms with Gasteiger partial charge in [0.2, 0.25) is 0 Å². The number of benzene rings is 2. The summed E-state index contributed by atoms with van der Waals surface area (Å²) < 4.78 is 0. The molecular weight excluding hydrogens is 296 g/mol. The maximum atomic E-state index is 11.6. The molecule has 0 amide bonds. The molecule has 2 nitrogen and oxygen atoms in total. The van der Waals surface area contributed by atoms with Crippen LogP contribution in [0.25, 0.3) is 0 Å². The normalized spacial score (nSPS) is 10.8. The molecule has 0 radical (unpaired) electrons. The molecule has 0 unspecified atom stereocenters. The maximum Gasteiger partial charge on any atom is 0.335 e. The minimum atomic E-state index is -0.811. The number of rotatable bonds is 9. The maximum absolute atomic E-state index is 11.6. The average molecular weight is 324 g/mol. The van der Waals surface area contributed by atoms with Gasteiger partial charge in [-0.15, -0.1) is 0 Å². The SMILES string of the molecule is CCCCc1c(CCc2ccccc2CCC)cccc1C(=O)O. The van der Waals surface area contributed by atoms with Crippen molar-refractivity contribution in [1.29, 1.82) is 0 Å². The van der Waals surface area contributed by atoms with Crippen molar-refractivity contribution in [2.24, 2.45) is 0 Å². The molecule has 24 heavy (non-hydrogen) atoms. The molecule has 0 aliphatic rings. The molecule has 0 heterocycles. The summed E-state index contributed by atoms with van der Waals surface area (Å²) in [5.74, 6) is -0.811. The summed E-state index contributed by atoms with van der Waals surface area (Å²) in [6.07, 6.45) is 7.09. The molecule has 0 aliphatic carbocycles. The Morgan fingerprint density at radius 3 is 2.04 bits per heavy atom. The van der Waals surface area contributed by atoms with Gasteiger partial charge in [-0.1, -0.05) is 63.1 Å². The highest BCUT2D eigenvalue weighted by molar-refractivity contribution is 5.89. The lowest BCUT2D eigenvalue weighted by atomic mass is 9.91. The molecule has 128 valence electrons. The molecule has 0 fully saturated rings. The lowest BCUT2D eigenvalue weighted by Crippen LogP contribution is -2.07. The van der Waals surface area contributed by atoms with Crippen LogP contribution in [0.3, 0.4) is 0 Å². The number of hydrogen-bond donors (Lipinski definition) is 1. The van der Waals surface area contributed by atoms with Gasteiger partial charge in [-0.3, -0.25) is 0 Å². The van der Waals surface area contributed by atoms with Crippen LogP contribution in [0, 0.1) is 0 Å². The highest BCUT2D eigenvalue weighted by atomic mass is 16.4. The molecule has 2 aromatic carbocycles. The standard InChI is InChI=1S/C22H28O2/c1-3-5-13-20-19(12-8-14-21(20)22(23)24)16-15-18-11-7-6-10-17(18)9-4-2/h6-8,10-12,14H,3-5,9,13,15-16H2,1-2H3,(H,23,24). The second kappa shape index (κ2) is 9.27. The lowest BCUT2D eigenvalue weighted by Gasteiger charge is -2.14. The third kappa shape index (κ3) is 4.70. The molecule has 0 aromatic heterocycles. The summed E-state index contributed by atoms with van der Waals surface area (Å²) in [5.41, 5.74) is 5.50. The predicted molar refractivity (Wildman–Crippen MR) is 99.9 cm³/mol. The van der Waals surface area contributed by atoms with Gasteiger partial charge in [-0.2, -0.15) is 0 Å². The molecule has 2 heteroatoms. The first-order chi connectivity index (χ1) is 11.7. The molecule has 0 spiro atoms. The Bertz CT molecular complexity index is 673. The van der Waals surface area contributed by atoms with Crippen LogP contribution >= 0.6 is 0 Å². The van der Waals surface area contributed by atoms with E-state index in [1.807, 2.05) is 6.07 Å². The largest absolute Gasteiger partial charge is 0.478 e. The fourth-order valence-corrected chi connectivity index (χ4v) is 3.30. The Kier molecular flexibility index (Phi) is 7.05. The highest BCUT2D eigenvalue weighted by Gasteiger charge is 2.14. The number of aryl methyl sites for hydroxylation is 3. The Morgan fingerprint density at radius 2 is 1.42 bits per heavy atom. The number of carboxylic acid groups (broad SMARTS) is 1. The van der Waals surface area contributed by atoms with Gasteiger partial charge in [0.1, 0.15) is 0 Å². The number of unbranched alkanes of at least 4 members (excludes halogenated alkanes) is 1. The zero-order valence-electron chi connectivity index (χ0n) is 14.8. The van der Waals surface area contributed by atoms with Crippen molar-refractivity contribution in [3.8, 4) is 0 Å². The number of hydrogen-bond acceptors (Lipinski definition) is 1. The zero-order chi connectivity index (χ0) is 17.4.